The standard InChI is InChI=1S/C13H12BrNO3/c1-9(8-18-13(16)17-2)11-5-6-15-7-10(14)3-4-12(11)15/h3-7H,1,8H2,2H3. The number of fused-ring (bicyclic) bond motifs is 1. The van der Waals surface area contributed by atoms with Crippen LogP contribution in [0.3, 0.4) is 0 Å². The summed E-state index contributed by atoms with van der Waals surface area (Å²) in [5.74, 6) is 0. The molecule has 0 bridgehead atoms. The maximum Gasteiger partial charge on any atom is 0.508 e. The minimum Gasteiger partial charge on any atom is -0.438 e. The van der Waals surface area contributed by atoms with Crippen LogP contribution in [0.25, 0.3) is 11.1 Å². The first kappa shape index (κ1) is 12.7. The number of halogens is 1. The lowest BCUT2D eigenvalue weighted by atomic mass is 10.1. The summed E-state index contributed by atoms with van der Waals surface area (Å²) in [6.07, 6.45) is 3.17. The van der Waals surface area contributed by atoms with Crippen molar-refractivity contribution < 1.29 is 14.3 Å². The molecule has 0 aromatic carbocycles. The van der Waals surface area contributed by atoms with Gasteiger partial charge in [-0.3, -0.25) is 0 Å². The Morgan fingerprint density at radius 2 is 2.22 bits per heavy atom. The van der Waals surface area contributed by atoms with Gasteiger partial charge in [-0.25, -0.2) is 4.79 Å². The number of hydrogen-bond donors (Lipinski definition) is 0. The van der Waals surface area contributed by atoms with Crippen LogP contribution >= 0.6 is 15.9 Å². The van der Waals surface area contributed by atoms with Gasteiger partial charge in [0.25, 0.3) is 0 Å². The van der Waals surface area contributed by atoms with Crippen LogP contribution in [0, 0.1) is 0 Å². The molecule has 0 aliphatic carbocycles. The molecule has 0 N–H and O–H groups in total. The highest BCUT2D eigenvalue weighted by atomic mass is 79.9. The normalized spacial score (nSPS) is 10.3. The fourth-order valence-electron chi connectivity index (χ4n) is 1.66. The van der Waals surface area contributed by atoms with Crippen LogP contribution in [-0.4, -0.2) is 24.3 Å². The number of methoxy groups -OCH3 is 1. The van der Waals surface area contributed by atoms with Gasteiger partial charge in [0, 0.05) is 22.4 Å². The Bertz CT molecular complexity index is 603. The van der Waals surface area contributed by atoms with Crippen LogP contribution in [0.15, 0.2) is 41.6 Å². The van der Waals surface area contributed by atoms with Crippen molar-refractivity contribution in [3.63, 3.8) is 0 Å². The van der Waals surface area contributed by atoms with Crippen molar-refractivity contribution in [1.29, 1.82) is 0 Å². The molecule has 2 aromatic heterocycles. The van der Waals surface area contributed by atoms with Gasteiger partial charge in [-0.2, -0.15) is 0 Å². The Kier molecular flexibility index (Phi) is 3.72. The summed E-state index contributed by atoms with van der Waals surface area (Å²) in [5.41, 5.74) is 2.69. The molecule has 4 nitrogen and oxygen atoms in total. The SMILES string of the molecule is C=C(COC(=O)OC)c1ccn2cc(Br)ccc12. The zero-order valence-electron chi connectivity index (χ0n) is 9.85. The van der Waals surface area contributed by atoms with Crippen molar-refractivity contribution >= 4 is 33.2 Å². The van der Waals surface area contributed by atoms with E-state index in [-0.39, 0.29) is 6.61 Å². The van der Waals surface area contributed by atoms with Gasteiger partial charge < -0.3 is 13.9 Å². The molecular formula is C13H12BrNO3. The van der Waals surface area contributed by atoms with E-state index in [9.17, 15) is 4.79 Å². The first-order chi connectivity index (χ1) is 8.61. The highest BCUT2D eigenvalue weighted by Crippen LogP contribution is 2.22. The molecular weight excluding hydrogens is 298 g/mol. The predicted molar refractivity (Wildman–Crippen MR) is 72.5 cm³/mol. The molecule has 0 saturated carbocycles. The number of rotatable bonds is 3. The molecule has 2 heterocycles. The smallest absolute Gasteiger partial charge is 0.438 e. The molecule has 0 atom stereocenters. The van der Waals surface area contributed by atoms with Crippen molar-refractivity contribution in [2.45, 2.75) is 0 Å². The number of aromatic nitrogens is 1. The van der Waals surface area contributed by atoms with Gasteiger partial charge in [0.1, 0.15) is 6.61 Å². The summed E-state index contributed by atoms with van der Waals surface area (Å²) in [4.78, 5) is 10.9. The van der Waals surface area contributed by atoms with Gasteiger partial charge in [0.2, 0.25) is 0 Å². The summed E-state index contributed by atoms with van der Waals surface area (Å²) >= 11 is 3.41. The van der Waals surface area contributed by atoms with E-state index in [1.165, 1.54) is 7.11 Å². The second-order valence-electron chi connectivity index (χ2n) is 3.72. The molecule has 0 aliphatic heterocycles. The minimum absolute atomic E-state index is 0.114. The summed E-state index contributed by atoms with van der Waals surface area (Å²) in [6, 6.07) is 5.86. The Balaban J connectivity index is 2.20. The summed E-state index contributed by atoms with van der Waals surface area (Å²) in [5, 5.41) is 0. The van der Waals surface area contributed by atoms with Crippen molar-refractivity contribution in [2.75, 3.05) is 13.7 Å². The molecule has 0 fully saturated rings. The molecule has 18 heavy (non-hydrogen) atoms. The second-order valence-corrected chi connectivity index (χ2v) is 4.63. The quantitative estimate of drug-likeness (QED) is 0.815. The molecule has 2 rings (SSSR count). The number of carbonyl (C=O) groups excluding carboxylic acids is 1. The average molecular weight is 310 g/mol. The monoisotopic (exact) mass is 309 g/mol. The third kappa shape index (κ3) is 2.56. The fourth-order valence-corrected chi connectivity index (χ4v) is 2.02. The van der Waals surface area contributed by atoms with E-state index in [1.54, 1.807) is 0 Å². The van der Waals surface area contributed by atoms with Crippen molar-refractivity contribution in [3.05, 3.63) is 47.2 Å². The van der Waals surface area contributed by atoms with Gasteiger partial charge in [-0.05, 0) is 39.7 Å². The Morgan fingerprint density at radius 3 is 2.94 bits per heavy atom. The van der Waals surface area contributed by atoms with Crippen LogP contribution < -0.4 is 0 Å². The lowest BCUT2D eigenvalue weighted by molar-refractivity contribution is 0.0833. The average Bonchev–Trinajstić information content (AvgIpc) is 2.78. The molecule has 0 aliphatic rings. The van der Waals surface area contributed by atoms with E-state index in [0.717, 1.165) is 21.1 Å². The Hall–Kier alpha value is -1.75. The minimum atomic E-state index is -0.706. The molecule has 0 unspecified atom stereocenters. The van der Waals surface area contributed by atoms with Gasteiger partial charge in [-0.15, -0.1) is 0 Å². The predicted octanol–water partition coefficient (Wildman–Crippen LogP) is 3.50. The van der Waals surface area contributed by atoms with Crippen LogP contribution in [0.1, 0.15) is 5.56 Å². The lowest BCUT2D eigenvalue weighted by Crippen LogP contribution is -2.06. The summed E-state index contributed by atoms with van der Waals surface area (Å²) in [7, 11) is 1.27. The van der Waals surface area contributed by atoms with Crippen molar-refractivity contribution in [1.82, 2.24) is 4.40 Å². The molecule has 0 amide bonds. The fraction of sp³-hybridized carbons (Fsp3) is 0.154. The first-order valence-electron chi connectivity index (χ1n) is 5.27. The number of pyridine rings is 1. The molecule has 2 aromatic rings. The third-order valence-corrected chi connectivity index (χ3v) is 3.00. The van der Waals surface area contributed by atoms with E-state index in [0.29, 0.717) is 0 Å². The molecule has 0 radical (unpaired) electrons. The Labute approximate surface area is 113 Å². The zero-order chi connectivity index (χ0) is 13.1. The molecule has 0 spiro atoms. The largest absolute Gasteiger partial charge is 0.508 e. The summed E-state index contributed by atoms with van der Waals surface area (Å²) in [6.45, 7) is 4.03. The maximum absolute atomic E-state index is 10.9. The van der Waals surface area contributed by atoms with Crippen LogP contribution in [0.4, 0.5) is 4.79 Å². The Morgan fingerprint density at radius 1 is 1.44 bits per heavy atom. The van der Waals surface area contributed by atoms with Crippen molar-refractivity contribution in [2.24, 2.45) is 0 Å². The third-order valence-electron chi connectivity index (χ3n) is 2.53. The van der Waals surface area contributed by atoms with Crippen LogP contribution in [0.5, 0.6) is 0 Å². The van der Waals surface area contributed by atoms with Gasteiger partial charge >= 0.3 is 6.16 Å². The van der Waals surface area contributed by atoms with E-state index in [2.05, 4.69) is 27.2 Å². The maximum atomic E-state index is 10.9. The van der Waals surface area contributed by atoms with E-state index in [4.69, 9.17) is 4.74 Å². The first-order valence-corrected chi connectivity index (χ1v) is 6.06. The van der Waals surface area contributed by atoms with Gasteiger partial charge in [-0.1, -0.05) is 6.58 Å². The number of hydrogen-bond acceptors (Lipinski definition) is 3. The van der Waals surface area contributed by atoms with E-state index >= 15 is 0 Å². The van der Waals surface area contributed by atoms with Gasteiger partial charge in [0.15, 0.2) is 0 Å². The zero-order valence-corrected chi connectivity index (χ0v) is 11.4. The van der Waals surface area contributed by atoms with Crippen LogP contribution in [0.2, 0.25) is 0 Å². The number of ether oxygens (including phenoxy) is 2. The van der Waals surface area contributed by atoms with Crippen LogP contribution in [-0.2, 0) is 9.47 Å². The van der Waals surface area contributed by atoms with Gasteiger partial charge in [0.05, 0.1) is 12.6 Å². The summed E-state index contributed by atoms with van der Waals surface area (Å²) < 4.78 is 12.2. The highest BCUT2D eigenvalue weighted by molar-refractivity contribution is 9.10. The number of carbonyl (C=O) groups is 1. The number of nitrogens with zero attached hydrogens (tertiary/aromatic N) is 1. The van der Waals surface area contributed by atoms with E-state index in [1.807, 2.05) is 35.0 Å². The molecule has 0 saturated heterocycles. The molecule has 5 heteroatoms. The highest BCUT2D eigenvalue weighted by Gasteiger charge is 2.09. The lowest BCUT2D eigenvalue weighted by Gasteiger charge is -2.06. The molecule has 94 valence electrons. The van der Waals surface area contributed by atoms with Crippen molar-refractivity contribution in [3.8, 4) is 0 Å². The second kappa shape index (κ2) is 5.27. The van der Waals surface area contributed by atoms with E-state index < -0.39 is 6.16 Å². The topological polar surface area (TPSA) is 39.9 Å².